The highest BCUT2D eigenvalue weighted by molar-refractivity contribution is 5.78. The van der Waals surface area contributed by atoms with E-state index in [1.807, 2.05) is 0 Å². The van der Waals surface area contributed by atoms with Crippen molar-refractivity contribution in [3.63, 3.8) is 0 Å². The number of hydrogen-bond acceptors (Lipinski definition) is 7. The van der Waals surface area contributed by atoms with E-state index < -0.39 is 0 Å². The van der Waals surface area contributed by atoms with Gasteiger partial charge in [-0.05, 0) is 32.1 Å². The normalized spacial score (nSPS) is 20.9. The maximum atomic E-state index is 6.14. The monoisotopic (exact) mass is 349 g/mol. The van der Waals surface area contributed by atoms with Crippen molar-refractivity contribution >= 4 is 17.1 Å². The first-order valence-corrected chi connectivity index (χ1v) is 9.24. The summed E-state index contributed by atoms with van der Waals surface area (Å²) in [5, 5.41) is 0. The third kappa shape index (κ3) is 1.96. The van der Waals surface area contributed by atoms with Crippen LogP contribution in [0, 0.1) is 0 Å². The van der Waals surface area contributed by atoms with Crippen molar-refractivity contribution in [3.05, 3.63) is 23.9 Å². The Balaban J connectivity index is 1.60. The zero-order valence-corrected chi connectivity index (χ0v) is 14.4. The Morgan fingerprint density at radius 2 is 1.92 bits per heavy atom. The number of anilines is 1. The van der Waals surface area contributed by atoms with Crippen molar-refractivity contribution in [3.8, 4) is 11.4 Å². The second-order valence-corrected chi connectivity index (χ2v) is 7.49. The number of nitrogen functional groups attached to an aromatic ring is 1. The van der Waals surface area contributed by atoms with Crippen LogP contribution in [-0.4, -0.2) is 36.1 Å². The topological polar surface area (TPSA) is 105 Å². The minimum Gasteiger partial charge on any atom is -0.368 e. The Morgan fingerprint density at radius 1 is 1.12 bits per heavy atom. The molecule has 2 fully saturated rings. The lowest BCUT2D eigenvalue weighted by molar-refractivity contribution is -0.131. The maximum Gasteiger partial charge on any atom is 0.219 e. The summed E-state index contributed by atoms with van der Waals surface area (Å²) in [5.74, 6) is 2.41. The minimum absolute atomic E-state index is 0.204. The third-order valence-electron chi connectivity index (χ3n) is 5.78. The lowest BCUT2D eigenvalue weighted by atomic mass is 9.78. The summed E-state index contributed by atoms with van der Waals surface area (Å²) in [6, 6.07) is 0. The van der Waals surface area contributed by atoms with Gasteiger partial charge in [-0.1, -0.05) is 0 Å². The van der Waals surface area contributed by atoms with Gasteiger partial charge in [0.25, 0.3) is 0 Å². The molecule has 2 N–H and O–H groups in total. The number of nitrogens with zero attached hydrogens (tertiary/aromatic N) is 6. The minimum atomic E-state index is -0.204. The highest BCUT2D eigenvalue weighted by Crippen LogP contribution is 2.48. The average Bonchev–Trinajstić information content (AvgIpc) is 3.40. The van der Waals surface area contributed by atoms with Crippen molar-refractivity contribution < 1.29 is 4.74 Å². The molecule has 0 amide bonds. The van der Waals surface area contributed by atoms with Crippen molar-refractivity contribution in [1.29, 1.82) is 0 Å². The lowest BCUT2D eigenvalue weighted by Crippen LogP contribution is -2.44. The Bertz CT molecular complexity index is 1020. The first-order valence-electron chi connectivity index (χ1n) is 9.24. The highest BCUT2D eigenvalue weighted by atomic mass is 16.5. The van der Waals surface area contributed by atoms with Gasteiger partial charge in [-0.3, -0.25) is 0 Å². The molecule has 0 bridgehead atoms. The third-order valence-corrected chi connectivity index (χ3v) is 5.78. The summed E-state index contributed by atoms with van der Waals surface area (Å²) in [6.45, 7) is 1.49. The molecule has 0 atom stereocenters. The second kappa shape index (κ2) is 4.97. The van der Waals surface area contributed by atoms with E-state index in [9.17, 15) is 0 Å². The van der Waals surface area contributed by atoms with E-state index in [0.717, 1.165) is 60.5 Å². The van der Waals surface area contributed by atoms with Gasteiger partial charge < -0.3 is 15.0 Å². The summed E-state index contributed by atoms with van der Waals surface area (Å²) in [5.41, 5.74) is 9.11. The van der Waals surface area contributed by atoms with Crippen LogP contribution >= 0.6 is 0 Å². The van der Waals surface area contributed by atoms with Gasteiger partial charge in [-0.2, -0.15) is 0 Å². The molecule has 1 aliphatic heterocycles. The molecule has 0 saturated heterocycles. The van der Waals surface area contributed by atoms with Crippen LogP contribution in [0.3, 0.4) is 0 Å². The van der Waals surface area contributed by atoms with Crippen LogP contribution in [0.25, 0.3) is 22.6 Å². The number of hydrogen-bond donors (Lipinski definition) is 1. The maximum absolute atomic E-state index is 6.14. The molecule has 8 heteroatoms. The van der Waals surface area contributed by atoms with Crippen LogP contribution < -0.4 is 5.73 Å². The van der Waals surface area contributed by atoms with E-state index in [-0.39, 0.29) is 11.5 Å². The van der Waals surface area contributed by atoms with Crippen LogP contribution in [0.5, 0.6) is 0 Å². The van der Waals surface area contributed by atoms with Crippen LogP contribution in [0.1, 0.15) is 49.5 Å². The molecule has 3 aromatic rings. The van der Waals surface area contributed by atoms with Crippen molar-refractivity contribution in [2.24, 2.45) is 0 Å². The largest absolute Gasteiger partial charge is 0.368 e. The van der Waals surface area contributed by atoms with Crippen molar-refractivity contribution in [2.75, 3.05) is 12.3 Å². The Kier molecular flexibility index (Phi) is 2.78. The average molecular weight is 349 g/mol. The molecule has 2 aliphatic carbocycles. The SMILES string of the molecule is Nc1ncc(-c2nc(C3CC3)c3nc4n(c3n2)CCOC42CCC2)cn1. The molecule has 1 spiro atoms. The van der Waals surface area contributed by atoms with E-state index >= 15 is 0 Å². The molecule has 0 radical (unpaired) electrons. The van der Waals surface area contributed by atoms with Gasteiger partial charge in [0, 0.05) is 24.9 Å². The van der Waals surface area contributed by atoms with Gasteiger partial charge in [0.15, 0.2) is 11.5 Å². The number of ether oxygens (including phenoxy) is 1. The zero-order chi connectivity index (χ0) is 17.3. The predicted molar refractivity (Wildman–Crippen MR) is 94.2 cm³/mol. The molecule has 3 aliphatic rings. The van der Waals surface area contributed by atoms with Gasteiger partial charge in [0.05, 0.1) is 17.9 Å². The molecule has 8 nitrogen and oxygen atoms in total. The molecule has 4 heterocycles. The predicted octanol–water partition coefficient (Wildman–Crippen LogP) is 2.15. The Hall–Kier alpha value is -2.61. The number of imidazole rings is 1. The van der Waals surface area contributed by atoms with E-state index in [1.54, 1.807) is 12.4 Å². The summed E-state index contributed by atoms with van der Waals surface area (Å²) in [6.07, 6.45) is 8.97. The molecule has 0 aromatic carbocycles. The van der Waals surface area contributed by atoms with Crippen molar-refractivity contribution in [1.82, 2.24) is 29.5 Å². The van der Waals surface area contributed by atoms with Gasteiger partial charge in [0.1, 0.15) is 16.9 Å². The van der Waals surface area contributed by atoms with Gasteiger partial charge >= 0.3 is 0 Å². The Morgan fingerprint density at radius 3 is 2.62 bits per heavy atom. The summed E-state index contributed by atoms with van der Waals surface area (Å²) in [4.78, 5) is 22.9. The Labute approximate surface area is 149 Å². The fourth-order valence-corrected chi connectivity index (χ4v) is 4.07. The van der Waals surface area contributed by atoms with E-state index in [0.29, 0.717) is 18.3 Å². The first kappa shape index (κ1) is 14.5. The summed E-state index contributed by atoms with van der Waals surface area (Å²) < 4.78 is 8.38. The quantitative estimate of drug-likeness (QED) is 0.756. The van der Waals surface area contributed by atoms with Gasteiger partial charge in [0.2, 0.25) is 5.95 Å². The fourth-order valence-electron chi connectivity index (χ4n) is 4.07. The van der Waals surface area contributed by atoms with E-state index in [1.165, 1.54) is 6.42 Å². The smallest absolute Gasteiger partial charge is 0.219 e. The molecule has 2 saturated carbocycles. The highest BCUT2D eigenvalue weighted by Gasteiger charge is 2.47. The lowest BCUT2D eigenvalue weighted by Gasteiger charge is -2.43. The summed E-state index contributed by atoms with van der Waals surface area (Å²) in [7, 11) is 0. The van der Waals surface area contributed by atoms with E-state index in [2.05, 4.69) is 14.5 Å². The number of nitrogens with two attached hydrogens (primary N) is 1. The molecular weight excluding hydrogens is 330 g/mol. The molecule has 0 unspecified atom stereocenters. The van der Waals surface area contributed by atoms with Crippen molar-refractivity contribution in [2.45, 2.75) is 50.2 Å². The van der Waals surface area contributed by atoms with Gasteiger partial charge in [-0.15, -0.1) is 0 Å². The molecule has 26 heavy (non-hydrogen) atoms. The molecule has 6 rings (SSSR count). The van der Waals surface area contributed by atoms with Gasteiger partial charge in [-0.25, -0.2) is 24.9 Å². The van der Waals surface area contributed by atoms with Crippen LogP contribution in [0.4, 0.5) is 5.95 Å². The molecular formula is C18H19N7O. The fraction of sp³-hybridized carbons (Fsp3) is 0.500. The number of aromatic nitrogens is 6. The van der Waals surface area contributed by atoms with Crippen LogP contribution in [0.15, 0.2) is 12.4 Å². The summed E-state index contributed by atoms with van der Waals surface area (Å²) >= 11 is 0. The van der Waals surface area contributed by atoms with Crippen LogP contribution in [-0.2, 0) is 16.9 Å². The molecule has 3 aromatic heterocycles. The second-order valence-electron chi connectivity index (χ2n) is 7.49. The number of rotatable bonds is 2. The zero-order valence-electron chi connectivity index (χ0n) is 14.4. The molecule has 132 valence electrons. The number of fused-ring (bicyclic) bond motifs is 4. The first-order chi connectivity index (χ1) is 12.7. The van der Waals surface area contributed by atoms with Crippen LogP contribution in [0.2, 0.25) is 0 Å². The van der Waals surface area contributed by atoms with E-state index in [4.69, 9.17) is 25.4 Å². The standard InChI is InChI=1S/C18H19N7O/c19-17-20-8-11(9-21-17)14-22-12(10-2-3-10)13-15(24-14)25-6-7-26-18(4-1-5-18)16(25)23-13/h8-10H,1-7H2,(H2,19,20,21).